The van der Waals surface area contributed by atoms with Crippen LogP contribution in [0, 0.1) is 0 Å². The van der Waals surface area contributed by atoms with E-state index in [0.717, 1.165) is 30.6 Å². The van der Waals surface area contributed by atoms with Gasteiger partial charge in [0.2, 0.25) is 0 Å². The summed E-state index contributed by atoms with van der Waals surface area (Å²) in [6, 6.07) is 0. The van der Waals surface area contributed by atoms with E-state index in [0.29, 0.717) is 3.92 Å². The predicted octanol–water partition coefficient (Wildman–Crippen LogP) is -0.874. The fourth-order valence-corrected chi connectivity index (χ4v) is 3.35. The number of carbonyl (C=O) groups is 1. The molecule has 5 heteroatoms. The Labute approximate surface area is 82.5 Å². The number of nitrogens with zero attached hydrogens (tertiary/aromatic N) is 1. The molecule has 12 heavy (non-hydrogen) atoms. The summed E-state index contributed by atoms with van der Waals surface area (Å²) in [5, 5.41) is 11.8. The molecule has 0 saturated carbocycles. The third-order valence-electron chi connectivity index (χ3n) is 1.79. The van der Waals surface area contributed by atoms with E-state index >= 15 is 0 Å². The van der Waals surface area contributed by atoms with Gasteiger partial charge in [-0.25, -0.2) is 0 Å². The molecule has 2 N–H and O–H groups in total. The number of amides is 1. The molecule has 1 fully saturated rings. The van der Waals surface area contributed by atoms with Crippen molar-refractivity contribution in [3.05, 3.63) is 0 Å². The second-order valence-electron chi connectivity index (χ2n) is 2.69. The third kappa shape index (κ3) is 3.28. The summed E-state index contributed by atoms with van der Waals surface area (Å²) in [6.45, 7) is 3.73. The molecule has 1 aliphatic rings. The van der Waals surface area contributed by atoms with Crippen LogP contribution >= 0.6 is 0 Å². The van der Waals surface area contributed by atoms with Crippen molar-refractivity contribution in [1.82, 2.24) is 10.2 Å². The molecule has 0 bridgehead atoms. The number of nitrogens with one attached hydrogen (secondary N) is 1. The van der Waals surface area contributed by atoms with Crippen LogP contribution in [0.3, 0.4) is 0 Å². The van der Waals surface area contributed by atoms with Gasteiger partial charge in [0.1, 0.15) is 0 Å². The van der Waals surface area contributed by atoms with Gasteiger partial charge in [-0.15, -0.1) is 0 Å². The number of rotatable bonds is 3. The summed E-state index contributed by atoms with van der Waals surface area (Å²) >= 11 is -0.965. The first-order valence-electron chi connectivity index (χ1n) is 4.19. The van der Waals surface area contributed by atoms with E-state index in [1.165, 1.54) is 0 Å². The summed E-state index contributed by atoms with van der Waals surface area (Å²) < 4.78 is 1.10. The first-order valence-corrected chi connectivity index (χ1v) is 7.63. The van der Waals surface area contributed by atoms with Crippen molar-refractivity contribution < 1.29 is 9.90 Å². The number of hydrogen-bond acceptors (Lipinski definition) is 3. The molecule has 1 saturated heterocycles. The summed E-state index contributed by atoms with van der Waals surface area (Å²) in [5.41, 5.74) is 0. The number of carbonyl (C=O) groups excluding carboxylic acids is 1. The molecule has 1 heterocycles. The Bertz CT molecular complexity index is 148. The first kappa shape index (κ1) is 10.3. The number of aliphatic hydroxyl groups is 1. The zero-order valence-electron chi connectivity index (χ0n) is 7.05. The van der Waals surface area contributed by atoms with Crippen LogP contribution in [0.1, 0.15) is 0 Å². The second kappa shape index (κ2) is 5.77. The zero-order chi connectivity index (χ0) is 8.81. The molecule has 4 nitrogen and oxygen atoms in total. The van der Waals surface area contributed by atoms with E-state index in [1.54, 1.807) is 0 Å². The fraction of sp³-hybridized carbons (Fsp3) is 0.857. The van der Waals surface area contributed by atoms with Crippen molar-refractivity contribution in [3.8, 4) is 0 Å². The van der Waals surface area contributed by atoms with Crippen molar-refractivity contribution in [1.29, 1.82) is 0 Å². The van der Waals surface area contributed by atoms with Gasteiger partial charge in [-0.05, 0) is 0 Å². The molecule has 0 aromatic rings. The van der Waals surface area contributed by atoms with E-state index in [-0.39, 0.29) is 6.61 Å². The van der Waals surface area contributed by atoms with E-state index in [9.17, 15) is 4.79 Å². The van der Waals surface area contributed by atoms with Crippen LogP contribution in [0.5, 0.6) is 0 Å². The number of aliphatic hydroxyl groups excluding tert-OH is 1. The van der Waals surface area contributed by atoms with Crippen LogP contribution in [-0.4, -0.2) is 67.9 Å². The minimum absolute atomic E-state index is 0.185. The standard InChI is InChI=1S/C5H9N2O.C2H5O.Sn/c8-5-7-3-1-6-2-4-7;1-2-3;/h6H,1-4H2;3H,1-2H2;. The molecule has 0 aromatic carbocycles. The Morgan fingerprint density at radius 3 is 2.75 bits per heavy atom. The Morgan fingerprint density at radius 1 is 1.50 bits per heavy atom. The average molecular weight is 277 g/mol. The van der Waals surface area contributed by atoms with Crippen LogP contribution in [0.15, 0.2) is 0 Å². The Hall–Kier alpha value is 0.189. The SMILES string of the molecule is O=[C]([Sn][CH2]CO)N1CCNCC1. The monoisotopic (exact) mass is 278 g/mol. The van der Waals surface area contributed by atoms with Crippen molar-refractivity contribution in [2.75, 3.05) is 32.8 Å². The Kier molecular flexibility index (Phi) is 4.94. The quantitative estimate of drug-likeness (QED) is 0.659. The zero-order valence-corrected chi connectivity index (χ0v) is 9.90. The van der Waals surface area contributed by atoms with Gasteiger partial charge in [-0.2, -0.15) is 0 Å². The molecule has 1 aliphatic heterocycles. The van der Waals surface area contributed by atoms with Crippen LogP contribution in [0.2, 0.25) is 4.44 Å². The minimum atomic E-state index is -0.965. The first-order chi connectivity index (χ1) is 5.84. The van der Waals surface area contributed by atoms with Crippen LogP contribution in [0.25, 0.3) is 0 Å². The van der Waals surface area contributed by atoms with Crippen molar-refractivity contribution in [2.24, 2.45) is 0 Å². The van der Waals surface area contributed by atoms with E-state index in [1.807, 2.05) is 4.90 Å². The van der Waals surface area contributed by atoms with Crippen LogP contribution in [0.4, 0.5) is 4.79 Å². The topological polar surface area (TPSA) is 52.6 Å². The van der Waals surface area contributed by atoms with Crippen molar-refractivity contribution in [2.45, 2.75) is 4.44 Å². The van der Waals surface area contributed by atoms with Crippen LogP contribution < -0.4 is 5.32 Å². The summed E-state index contributed by atoms with van der Waals surface area (Å²) in [5.74, 6) is 0. The van der Waals surface area contributed by atoms with Crippen molar-refractivity contribution in [3.63, 3.8) is 0 Å². The molecule has 2 radical (unpaired) electrons. The normalized spacial score (nSPS) is 17.9. The maximum atomic E-state index is 11.4. The van der Waals surface area contributed by atoms with E-state index in [4.69, 9.17) is 5.11 Å². The summed E-state index contributed by atoms with van der Waals surface area (Å²) in [4.78, 5) is 13.3. The molecule has 1 rings (SSSR count). The van der Waals surface area contributed by atoms with Gasteiger partial charge in [0.15, 0.2) is 0 Å². The summed E-state index contributed by atoms with van der Waals surface area (Å²) in [7, 11) is 0. The Balaban J connectivity index is 2.20. The summed E-state index contributed by atoms with van der Waals surface area (Å²) in [6.07, 6.45) is 0. The molecule has 0 atom stereocenters. The van der Waals surface area contributed by atoms with Gasteiger partial charge in [0, 0.05) is 0 Å². The van der Waals surface area contributed by atoms with Gasteiger partial charge < -0.3 is 0 Å². The molecule has 0 unspecified atom stereocenters. The molecule has 68 valence electrons. The van der Waals surface area contributed by atoms with Gasteiger partial charge in [-0.1, -0.05) is 0 Å². The molecular weight excluding hydrogens is 263 g/mol. The third-order valence-corrected chi connectivity index (χ3v) is 4.91. The molecule has 0 spiro atoms. The number of piperazine rings is 1. The second-order valence-corrected chi connectivity index (χ2v) is 6.35. The van der Waals surface area contributed by atoms with Gasteiger partial charge in [0.25, 0.3) is 0 Å². The van der Waals surface area contributed by atoms with E-state index < -0.39 is 21.1 Å². The maximum absolute atomic E-state index is 11.4. The van der Waals surface area contributed by atoms with Gasteiger partial charge in [0.05, 0.1) is 0 Å². The fourth-order valence-electron chi connectivity index (χ4n) is 1.14. The number of hydrogen-bond donors (Lipinski definition) is 2. The van der Waals surface area contributed by atoms with Gasteiger partial charge >= 0.3 is 82.4 Å². The van der Waals surface area contributed by atoms with E-state index in [2.05, 4.69) is 5.32 Å². The molecule has 0 aromatic heterocycles. The average Bonchev–Trinajstić information content (AvgIpc) is 2.15. The Morgan fingerprint density at radius 2 is 2.17 bits per heavy atom. The van der Waals surface area contributed by atoms with Crippen LogP contribution in [-0.2, 0) is 0 Å². The molecule has 0 aliphatic carbocycles. The van der Waals surface area contributed by atoms with Gasteiger partial charge in [-0.3, -0.25) is 0 Å². The molecular formula is C7H14N2O2Sn. The predicted molar refractivity (Wildman–Crippen MR) is 47.5 cm³/mol. The van der Waals surface area contributed by atoms with Crippen molar-refractivity contribution >= 4 is 25.1 Å². The molecule has 1 amide bonds.